The normalized spacial score (nSPS) is 15.9. The minimum Gasteiger partial charge on any atom is -0.334 e. The van der Waals surface area contributed by atoms with Crippen LogP contribution in [0.25, 0.3) is 0 Å². The maximum Gasteiger partial charge on any atom is 0.254 e. The first-order valence-corrected chi connectivity index (χ1v) is 6.49. The van der Waals surface area contributed by atoms with Gasteiger partial charge < -0.3 is 10.6 Å². The van der Waals surface area contributed by atoms with Gasteiger partial charge in [-0.15, -0.1) is 0 Å². The highest BCUT2D eigenvalue weighted by molar-refractivity contribution is 5.94. The molecule has 3 nitrogen and oxygen atoms in total. The van der Waals surface area contributed by atoms with Gasteiger partial charge in [0, 0.05) is 24.7 Å². The molecule has 1 aromatic carbocycles. The summed E-state index contributed by atoms with van der Waals surface area (Å²) in [6, 6.07) is 6.02. The van der Waals surface area contributed by atoms with E-state index in [0.29, 0.717) is 24.7 Å². The Balaban J connectivity index is 2.14. The number of halogens is 1. The van der Waals surface area contributed by atoms with E-state index in [1.807, 2.05) is 4.90 Å². The highest BCUT2D eigenvalue weighted by Crippen LogP contribution is 2.24. The molecule has 0 atom stereocenters. The van der Waals surface area contributed by atoms with Crippen LogP contribution < -0.4 is 5.73 Å². The van der Waals surface area contributed by atoms with Gasteiger partial charge in [0.2, 0.25) is 0 Å². The zero-order valence-corrected chi connectivity index (χ0v) is 10.4. The Labute approximate surface area is 107 Å². The average Bonchev–Trinajstić information content (AvgIpc) is 2.90. The lowest BCUT2D eigenvalue weighted by molar-refractivity contribution is 0.0688. The molecule has 1 fully saturated rings. The number of nitrogens with zero attached hydrogens (tertiary/aromatic N) is 1. The van der Waals surface area contributed by atoms with E-state index in [4.69, 9.17) is 5.73 Å². The van der Waals surface area contributed by atoms with E-state index in [0.717, 1.165) is 12.8 Å². The molecule has 1 amide bonds. The lowest BCUT2D eigenvalue weighted by atomic mass is 10.1. The van der Waals surface area contributed by atoms with Crippen LogP contribution in [0.4, 0.5) is 4.39 Å². The Bertz CT molecular complexity index is 399. The summed E-state index contributed by atoms with van der Waals surface area (Å²) >= 11 is 0. The van der Waals surface area contributed by atoms with Crippen LogP contribution in [0, 0.1) is 5.82 Å². The van der Waals surface area contributed by atoms with Gasteiger partial charge in [-0.3, -0.25) is 4.79 Å². The second-order valence-electron chi connectivity index (χ2n) is 4.73. The molecule has 4 heteroatoms. The molecule has 18 heavy (non-hydrogen) atoms. The molecule has 2 rings (SSSR count). The Morgan fingerprint density at radius 1 is 1.28 bits per heavy atom. The van der Waals surface area contributed by atoms with Crippen LogP contribution in [0.5, 0.6) is 0 Å². The van der Waals surface area contributed by atoms with Crippen LogP contribution >= 0.6 is 0 Å². The van der Waals surface area contributed by atoms with Gasteiger partial charge in [-0.2, -0.15) is 0 Å². The molecule has 0 bridgehead atoms. The van der Waals surface area contributed by atoms with Gasteiger partial charge in [0.15, 0.2) is 0 Å². The Morgan fingerprint density at radius 2 is 1.89 bits per heavy atom. The molecule has 1 aromatic rings. The van der Waals surface area contributed by atoms with Gasteiger partial charge in [0.25, 0.3) is 5.91 Å². The number of carbonyl (C=O) groups is 1. The summed E-state index contributed by atoms with van der Waals surface area (Å²) in [5, 5.41) is 0. The lowest BCUT2D eigenvalue weighted by Crippen LogP contribution is -2.41. The van der Waals surface area contributed by atoms with E-state index < -0.39 is 0 Å². The first-order chi connectivity index (χ1) is 8.72. The van der Waals surface area contributed by atoms with Gasteiger partial charge in [0.05, 0.1) is 0 Å². The molecule has 0 saturated heterocycles. The molecule has 0 spiro atoms. The molecule has 2 N–H and O–H groups in total. The fraction of sp³-hybridized carbons (Fsp3) is 0.500. The SMILES string of the molecule is NCCN(C(=O)c1ccc(F)cc1)C1CCCC1. The molecule has 0 radical (unpaired) electrons. The van der Waals surface area contributed by atoms with Crippen molar-refractivity contribution in [3.05, 3.63) is 35.6 Å². The fourth-order valence-corrected chi connectivity index (χ4v) is 2.56. The Hall–Kier alpha value is -1.42. The van der Waals surface area contributed by atoms with E-state index in [1.54, 1.807) is 0 Å². The molecule has 0 heterocycles. The second kappa shape index (κ2) is 5.96. The number of hydrogen-bond donors (Lipinski definition) is 1. The third kappa shape index (κ3) is 2.88. The number of nitrogens with two attached hydrogens (primary N) is 1. The second-order valence-corrected chi connectivity index (χ2v) is 4.73. The van der Waals surface area contributed by atoms with Crippen LogP contribution in [-0.4, -0.2) is 29.9 Å². The largest absolute Gasteiger partial charge is 0.334 e. The van der Waals surface area contributed by atoms with E-state index in [-0.39, 0.29) is 11.7 Å². The van der Waals surface area contributed by atoms with Crippen molar-refractivity contribution in [2.24, 2.45) is 5.73 Å². The predicted octanol–water partition coefficient (Wildman–Crippen LogP) is 2.17. The molecule has 1 aliphatic carbocycles. The molecule has 1 aliphatic rings. The van der Waals surface area contributed by atoms with Crippen LogP contribution in [0.2, 0.25) is 0 Å². The highest BCUT2D eigenvalue weighted by Gasteiger charge is 2.26. The van der Waals surface area contributed by atoms with Gasteiger partial charge in [-0.05, 0) is 37.1 Å². The van der Waals surface area contributed by atoms with E-state index in [1.165, 1.54) is 37.1 Å². The van der Waals surface area contributed by atoms with Crippen molar-refractivity contribution in [2.75, 3.05) is 13.1 Å². The first kappa shape index (κ1) is 13.0. The van der Waals surface area contributed by atoms with Crippen molar-refractivity contribution in [2.45, 2.75) is 31.7 Å². The maximum atomic E-state index is 12.9. The van der Waals surface area contributed by atoms with E-state index >= 15 is 0 Å². The minimum atomic E-state index is -0.321. The summed E-state index contributed by atoms with van der Waals surface area (Å²) in [4.78, 5) is 14.2. The highest BCUT2D eigenvalue weighted by atomic mass is 19.1. The average molecular weight is 250 g/mol. The van der Waals surface area contributed by atoms with Crippen molar-refractivity contribution in [1.29, 1.82) is 0 Å². The van der Waals surface area contributed by atoms with Crippen molar-refractivity contribution >= 4 is 5.91 Å². The van der Waals surface area contributed by atoms with Gasteiger partial charge in [-0.25, -0.2) is 4.39 Å². The van der Waals surface area contributed by atoms with Crippen molar-refractivity contribution in [1.82, 2.24) is 4.90 Å². The standard InChI is InChI=1S/C14H19FN2O/c15-12-7-5-11(6-8-12)14(18)17(10-9-16)13-3-1-2-4-13/h5-8,13H,1-4,9-10,16H2. The van der Waals surface area contributed by atoms with Crippen LogP contribution in [-0.2, 0) is 0 Å². The summed E-state index contributed by atoms with van der Waals surface area (Å²) in [7, 11) is 0. The van der Waals surface area contributed by atoms with Crippen LogP contribution in [0.1, 0.15) is 36.0 Å². The smallest absolute Gasteiger partial charge is 0.254 e. The van der Waals surface area contributed by atoms with Crippen molar-refractivity contribution < 1.29 is 9.18 Å². The third-order valence-corrected chi connectivity index (χ3v) is 3.49. The van der Waals surface area contributed by atoms with Gasteiger partial charge in [0.1, 0.15) is 5.82 Å². The summed E-state index contributed by atoms with van der Waals surface area (Å²) in [6.07, 6.45) is 4.44. The lowest BCUT2D eigenvalue weighted by Gasteiger charge is -2.28. The zero-order valence-electron chi connectivity index (χ0n) is 10.4. The third-order valence-electron chi connectivity index (χ3n) is 3.49. The molecule has 0 unspecified atom stereocenters. The summed E-state index contributed by atoms with van der Waals surface area (Å²) in [6.45, 7) is 1.03. The predicted molar refractivity (Wildman–Crippen MR) is 68.7 cm³/mol. The quantitative estimate of drug-likeness (QED) is 0.890. The summed E-state index contributed by atoms with van der Waals surface area (Å²) < 4.78 is 12.9. The van der Waals surface area contributed by atoms with Gasteiger partial charge >= 0.3 is 0 Å². The van der Waals surface area contributed by atoms with Crippen molar-refractivity contribution in [3.8, 4) is 0 Å². The Kier molecular flexibility index (Phi) is 4.31. The number of carbonyl (C=O) groups excluding carboxylic acids is 1. The van der Waals surface area contributed by atoms with Crippen LogP contribution in [0.3, 0.4) is 0 Å². The topological polar surface area (TPSA) is 46.3 Å². The zero-order chi connectivity index (χ0) is 13.0. The molecule has 1 saturated carbocycles. The number of hydrogen-bond acceptors (Lipinski definition) is 2. The fourth-order valence-electron chi connectivity index (χ4n) is 2.56. The molecular formula is C14H19FN2O. The maximum absolute atomic E-state index is 12.9. The van der Waals surface area contributed by atoms with E-state index in [2.05, 4.69) is 0 Å². The minimum absolute atomic E-state index is 0.0349. The van der Waals surface area contributed by atoms with Gasteiger partial charge in [-0.1, -0.05) is 12.8 Å². The number of benzene rings is 1. The first-order valence-electron chi connectivity index (χ1n) is 6.49. The Morgan fingerprint density at radius 3 is 2.44 bits per heavy atom. The van der Waals surface area contributed by atoms with Crippen LogP contribution in [0.15, 0.2) is 24.3 Å². The molecular weight excluding hydrogens is 231 g/mol. The monoisotopic (exact) mass is 250 g/mol. The molecule has 98 valence electrons. The number of rotatable bonds is 4. The summed E-state index contributed by atoms with van der Waals surface area (Å²) in [5.74, 6) is -0.356. The number of amides is 1. The summed E-state index contributed by atoms with van der Waals surface area (Å²) in [5.41, 5.74) is 6.12. The molecule has 0 aromatic heterocycles. The van der Waals surface area contributed by atoms with E-state index in [9.17, 15) is 9.18 Å². The van der Waals surface area contributed by atoms with Crippen molar-refractivity contribution in [3.63, 3.8) is 0 Å². The molecule has 0 aliphatic heterocycles.